The molecule has 2 aliphatic heterocycles. The van der Waals surface area contributed by atoms with Crippen molar-refractivity contribution in [2.24, 2.45) is 5.41 Å². The van der Waals surface area contributed by atoms with Crippen molar-refractivity contribution in [1.82, 2.24) is 24.9 Å². The van der Waals surface area contributed by atoms with Gasteiger partial charge in [-0.05, 0) is 43.5 Å². The number of aliphatic hydroxyl groups excluding tert-OH is 1. The molecule has 3 heterocycles. The lowest BCUT2D eigenvalue weighted by molar-refractivity contribution is -0.137. The van der Waals surface area contributed by atoms with Gasteiger partial charge in [-0.25, -0.2) is 13.6 Å². The van der Waals surface area contributed by atoms with Crippen LogP contribution >= 0.6 is 0 Å². The van der Waals surface area contributed by atoms with E-state index in [1.165, 1.54) is 10.7 Å². The van der Waals surface area contributed by atoms with Gasteiger partial charge in [0.15, 0.2) is 11.6 Å². The van der Waals surface area contributed by atoms with Crippen LogP contribution in [0.5, 0.6) is 0 Å². The average molecular weight is 490 g/mol. The van der Waals surface area contributed by atoms with Gasteiger partial charge in [-0.2, -0.15) is 9.78 Å². The highest BCUT2D eigenvalue weighted by molar-refractivity contribution is 5.89. The number of hydrogen-bond acceptors (Lipinski definition) is 5. The molecule has 0 bridgehead atoms. The van der Waals surface area contributed by atoms with Crippen molar-refractivity contribution in [3.63, 3.8) is 0 Å². The zero-order chi connectivity index (χ0) is 25.5. The molecule has 1 fully saturated rings. The van der Waals surface area contributed by atoms with E-state index >= 15 is 0 Å². The number of likely N-dealkylation sites (tertiary alicyclic amines) is 1. The fourth-order valence-electron chi connectivity index (χ4n) is 4.70. The lowest BCUT2D eigenvalue weighted by Gasteiger charge is -2.37. The number of likely N-dealkylation sites (N-methyl/N-ethyl adjacent to an activating group) is 1. The Morgan fingerprint density at radius 1 is 1.14 bits per heavy atom. The molecular weight excluding hydrogens is 456 g/mol. The van der Waals surface area contributed by atoms with E-state index in [4.69, 9.17) is 0 Å². The molecule has 2 amide bonds. The van der Waals surface area contributed by atoms with E-state index in [9.17, 15) is 23.5 Å². The van der Waals surface area contributed by atoms with Crippen LogP contribution in [0.15, 0.2) is 18.2 Å². The number of hydrogen-bond donors (Lipinski definition) is 2. The molecule has 10 heteroatoms. The summed E-state index contributed by atoms with van der Waals surface area (Å²) in [6.07, 6.45) is 1.15. The number of carbonyl (C=O) groups excluding carboxylic acids is 2. The van der Waals surface area contributed by atoms with E-state index in [0.717, 1.165) is 17.7 Å². The first kappa shape index (κ1) is 25.2. The van der Waals surface area contributed by atoms with Crippen LogP contribution in [-0.2, 0) is 17.8 Å². The molecule has 1 aromatic carbocycles. The number of nitrogens with zero attached hydrogens (tertiary/aromatic N) is 4. The highest BCUT2D eigenvalue weighted by Crippen LogP contribution is 2.31. The maximum Gasteiger partial charge on any atom is 0.343 e. The molecule has 1 aromatic heterocycles. The smallest absolute Gasteiger partial charge is 0.343 e. The summed E-state index contributed by atoms with van der Waals surface area (Å²) in [5.74, 6) is -2.13. The van der Waals surface area contributed by atoms with E-state index in [-0.39, 0.29) is 5.91 Å². The van der Waals surface area contributed by atoms with E-state index in [0.29, 0.717) is 62.4 Å². The minimum atomic E-state index is -0.982. The van der Waals surface area contributed by atoms with Crippen LogP contribution in [0.1, 0.15) is 44.9 Å². The van der Waals surface area contributed by atoms with Crippen LogP contribution in [0.25, 0.3) is 11.3 Å². The summed E-state index contributed by atoms with van der Waals surface area (Å²) in [6, 6.07) is 2.24. The van der Waals surface area contributed by atoms with Crippen molar-refractivity contribution in [1.29, 1.82) is 0 Å². The van der Waals surface area contributed by atoms with E-state index in [2.05, 4.69) is 15.3 Å². The van der Waals surface area contributed by atoms with Gasteiger partial charge in [0.1, 0.15) is 6.04 Å². The molecular formula is C25H33F2N5O3. The van der Waals surface area contributed by atoms with Crippen molar-refractivity contribution >= 4 is 11.9 Å². The Kier molecular flexibility index (Phi) is 6.97. The van der Waals surface area contributed by atoms with Crippen LogP contribution in [0.4, 0.5) is 13.6 Å². The topological polar surface area (TPSA) is 90.7 Å². The largest absolute Gasteiger partial charge is 0.393 e. The van der Waals surface area contributed by atoms with Gasteiger partial charge in [0, 0.05) is 43.7 Å². The van der Waals surface area contributed by atoms with Crippen molar-refractivity contribution in [2.75, 3.05) is 26.7 Å². The summed E-state index contributed by atoms with van der Waals surface area (Å²) in [6.45, 7) is 7.74. The summed E-state index contributed by atoms with van der Waals surface area (Å²) >= 11 is 0. The standard InChI is InChI=1S/C25H33F2N5O3/c1-25(2,3)22(23(34)31-11-7-16(33)8-12-31)28-24(35)32-20-9-10-30(4)14-17(20)21(29-32)15-5-6-18(26)19(27)13-15/h5-6,13,16,22,33H,7-12,14H2,1-4H3,(H,28,35)/t22-/m1/s1. The van der Waals surface area contributed by atoms with Gasteiger partial charge in [0.05, 0.1) is 17.5 Å². The molecule has 1 saturated heterocycles. The third-order valence-corrected chi connectivity index (χ3v) is 6.79. The van der Waals surface area contributed by atoms with Crippen LogP contribution in [0.2, 0.25) is 0 Å². The summed E-state index contributed by atoms with van der Waals surface area (Å²) in [7, 11) is 1.94. The molecule has 2 aromatic rings. The monoisotopic (exact) mass is 489 g/mol. The third kappa shape index (κ3) is 5.23. The molecule has 2 aliphatic rings. The number of fused-ring (bicyclic) bond motifs is 1. The number of benzene rings is 1. The van der Waals surface area contributed by atoms with E-state index in [1.54, 1.807) is 4.90 Å². The first-order chi connectivity index (χ1) is 16.5. The number of halogens is 2. The van der Waals surface area contributed by atoms with Crippen molar-refractivity contribution in [2.45, 2.75) is 58.7 Å². The van der Waals surface area contributed by atoms with Crippen LogP contribution < -0.4 is 5.32 Å². The number of aliphatic hydroxyl groups is 1. The van der Waals surface area contributed by atoms with Crippen LogP contribution in [0.3, 0.4) is 0 Å². The minimum absolute atomic E-state index is 0.195. The Morgan fingerprint density at radius 2 is 1.83 bits per heavy atom. The second-order valence-electron chi connectivity index (χ2n) is 10.6. The summed E-state index contributed by atoms with van der Waals surface area (Å²) in [5.41, 5.74) is 1.71. The van der Waals surface area contributed by atoms with Gasteiger partial charge in [-0.1, -0.05) is 20.8 Å². The average Bonchev–Trinajstić information content (AvgIpc) is 3.17. The van der Waals surface area contributed by atoms with Crippen molar-refractivity contribution in [3.8, 4) is 11.3 Å². The molecule has 0 aliphatic carbocycles. The Bertz CT molecular complexity index is 1120. The third-order valence-electron chi connectivity index (χ3n) is 6.79. The normalized spacial score (nSPS) is 18.3. The lowest BCUT2D eigenvalue weighted by atomic mass is 9.85. The molecule has 0 spiro atoms. The molecule has 35 heavy (non-hydrogen) atoms. The molecule has 0 saturated carbocycles. The maximum absolute atomic E-state index is 14.0. The summed E-state index contributed by atoms with van der Waals surface area (Å²) in [4.78, 5) is 30.6. The number of nitrogens with one attached hydrogen (secondary N) is 1. The predicted octanol–water partition coefficient (Wildman–Crippen LogP) is 2.77. The quantitative estimate of drug-likeness (QED) is 0.692. The molecule has 0 unspecified atom stereocenters. The van der Waals surface area contributed by atoms with Gasteiger partial charge in [0.25, 0.3) is 0 Å². The molecule has 190 valence electrons. The summed E-state index contributed by atoms with van der Waals surface area (Å²) in [5, 5.41) is 17.2. The second kappa shape index (κ2) is 9.66. The predicted molar refractivity (Wildman–Crippen MR) is 127 cm³/mol. The number of amides is 2. The molecule has 0 radical (unpaired) electrons. The minimum Gasteiger partial charge on any atom is -0.393 e. The first-order valence-electron chi connectivity index (χ1n) is 12.0. The Labute approximate surface area is 203 Å². The number of aromatic nitrogens is 2. The Morgan fingerprint density at radius 3 is 2.46 bits per heavy atom. The second-order valence-corrected chi connectivity index (χ2v) is 10.6. The van der Waals surface area contributed by atoms with Gasteiger partial charge in [0.2, 0.25) is 5.91 Å². The number of piperidine rings is 1. The SMILES string of the molecule is CN1CCc2c(c(-c3ccc(F)c(F)c3)nn2C(=O)N[C@H](C(=O)N2CCC(O)CC2)C(C)(C)C)C1. The van der Waals surface area contributed by atoms with Gasteiger partial charge in [-0.15, -0.1) is 0 Å². The lowest BCUT2D eigenvalue weighted by Crippen LogP contribution is -2.57. The number of carbonyl (C=O) groups is 2. The van der Waals surface area contributed by atoms with Crippen molar-refractivity contribution in [3.05, 3.63) is 41.1 Å². The zero-order valence-corrected chi connectivity index (χ0v) is 20.6. The van der Waals surface area contributed by atoms with E-state index in [1.807, 2.05) is 27.8 Å². The molecule has 8 nitrogen and oxygen atoms in total. The van der Waals surface area contributed by atoms with Gasteiger partial charge < -0.3 is 20.2 Å². The van der Waals surface area contributed by atoms with Gasteiger partial charge >= 0.3 is 6.03 Å². The van der Waals surface area contributed by atoms with E-state index < -0.39 is 35.2 Å². The fraction of sp³-hybridized carbons (Fsp3) is 0.560. The molecule has 1 atom stereocenters. The molecule has 4 rings (SSSR count). The Hall–Kier alpha value is -2.85. The molecule has 2 N–H and O–H groups in total. The van der Waals surface area contributed by atoms with Crippen molar-refractivity contribution < 1.29 is 23.5 Å². The summed E-state index contributed by atoms with van der Waals surface area (Å²) < 4.78 is 28.8. The zero-order valence-electron chi connectivity index (χ0n) is 20.6. The highest BCUT2D eigenvalue weighted by Gasteiger charge is 2.38. The highest BCUT2D eigenvalue weighted by atomic mass is 19.2. The first-order valence-corrected chi connectivity index (χ1v) is 12.0. The fourth-order valence-corrected chi connectivity index (χ4v) is 4.70. The van der Waals surface area contributed by atoms with Crippen LogP contribution in [0, 0.1) is 17.0 Å². The maximum atomic E-state index is 14.0. The van der Waals surface area contributed by atoms with Gasteiger partial charge in [-0.3, -0.25) is 4.79 Å². The van der Waals surface area contributed by atoms with Crippen LogP contribution in [-0.4, -0.2) is 75.5 Å². The Balaban J connectivity index is 1.66. The number of rotatable bonds is 3.